The summed E-state index contributed by atoms with van der Waals surface area (Å²) < 4.78 is 12.6. The van der Waals surface area contributed by atoms with E-state index >= 15 is 0 Å². The molecule has 0 unspecified atom stereocenters. The number of nitro benzene ring substituents is 1. The molecule has 2 aromatic rings. The number of rotatable bonds is 5. The highest BCUT2D eigenvalue weighted by Crippen LogP contribution is 2.34. The number of hydrogen-bond donors (Lipinski definition) is 0. The van der Waals surface area contributed by atoms with Crippen LogP contribution in [0, 0.1) is 10.1 Å². The van der Waals surface area contributed by atoms with Gasteiger partial charge in [0.25, 0.3) is 5.69 Å². The topological polar surface area (TPSA) is 94.3 Å². The lowest BCUT2D eigenvalue weighted by atomic mass is 10.1. The minimum Gasteiger partial charge on any atom is -0.490 e. The van der Waals surface area contributed by atoms with Crippen molar-refractivity contribution in [2.75, 3.05) is 0 Å². The molecule has 1 atom stereocenters. The standard InChI is InChI=1S/C19H18BrN3O5/c1-11(2)27-17-9-6-14(20)10-16(17)18-21-22(12(3)24)19(28-18)13-4-7-15(8-5-13)23(25)26/h4-11,19H,1-3H3/t19-/m0/s1. The smallest absolute Gasteiger partial charge is 0.269 e. The van der Waals surface area contributed by atoms with E-state index in [1.807, 2.05) is 19.9 Å². The summed E-state index contributed by atoms with van der Waals surface area (Å²) in [5.41, 5.74) is 1.12. The second-order valence-electron chi connectivity index (χ2n) is 6.39. The Morgan fingerprint density at radius 1 is 1.29 bits per heavy atom. The molecule has 0 fully saturated rings. The fourth-order valence-corrected chi connectivity index (χ4v) is 3.04. The van der Waals surface area contributed by atoms with Crippen LogP contribution in [-0.2, 0) is 9.53 Å². The van der Waals surface area contributed by atoms with E-state index in [9.17, 15) is 14.9 Å². The van der Waals surface area contributed by atoms with Crippen molar-refractivity contribution in [1.82, 2.24) is 5.01 Å². The largest absolute Gasteiger partial charge is 0.490 e. The van der Waals surface area contributed by atoms with Crippen molar-refractivity contribution in [2.24, 2.45) is 5.10 Å². The molecule has 0 aliphatic carbocycles. The Morgan fingerprint density at radius 3 is 2.54 bits per heavy atom. The Balaban J connectivity index is 1.97. The van der Waals surface area contributed by atoms with E-state index in [-0.39, 0.29) is 23.6 Å². The molecule has 28 heavy (non-hydrogen) atoms. The zero-order chi connectivity index (χ0) is 20.4. The van der Waals surface area contributed by atoms with Gasteiger partial charge in [0.1, 0.15) is 5.75 Å². The fraction of sp³-hybridized carbons (Fsp3) is 0.263. The van der Waals surface area contributed by atoms with Gasteiger partial charge in [0, 0.05) is 29.1 Å². The molecule has 1 aliphatic heterocycles. The molecule has 1 amide bonds. The summed E-state index contributed by atoms with van der Waals surface area (Å²) >= 11 is 3.42. The second kappa shape index (κ2) is 7.97. The van der Waals surface area contributed by atoms with E-state index in [4.69, 9.17) is 9.47 Å². The van der Waals surface area contributed by atoms with Crippen LogP contribution in [0.15, 0.2) is 52.0 Å². The van der Waals surface area contributed by atoms with Crippen molar-refractivity contribution in [3.63, 3.8) is 0 Å². The van der Waals surface area contributed by atoms with Crippen molar-refractivity contribution in [3.05, 3.63) is 68.2 Å². The maximum atomic E-state index is 12.1. The zero-order valence-electron chi connectivity index (χ0n) is 15.5. The van der Waals surface area contributed by atoms with Crippen molar-refractivity contribution < 1.29 is 19.2 Å². The van der Waals surface area contributed by atoms with Gasteiger partial charge >= 0.3 is 0 Å². The number of carbonyl (C=O) groups excluding carboxylic acids is 1. The van der Waals surface area contributed by atoms with E-state index < -0.39 is 11.2 Å². The number of hydrogen-bond acceptors (Lipinski definition) is 6. The monoisotopic (exact) mass is 447 g/mol. The summed E-state index contributed by atoms with van der Waals surface area (Å²) in [7, 11) is 0. The van der Waals surface area contributed by atoms with E-state index in [0.717, 1.165) is 4.47 Å². The molecule has 0 aromatic heterocycles. The molecular formula is C19H18BrN3O5. The molecular weight excluding hydrogens is 430 g/mol. The van der Waals surface area contributed by atoms with E-state index in [1.165, 1.54) is 24.1 Å². The Morgan fingerprint density at radius 2 is 1.96 bits per heavy atom. The first-order chi connectivity index (χ1) is 13.3. The van der Waals surface area contributed by atoms with Crippen LogP contribution in [0.5, 0.6) is 5.75 Å². The number of carbonyl (C=O) groups is 1. The highest BCUT2D eigenvalue weighted by atomic mass is 79.9. The van der Waals surface area contributed by atoms with Gasteiger partial charge in [0.05, 0.1) is 16.6 Å². The zero-order valence-corrected chi connectivity index (χ0v) is 17.0. The molecule has 0 spiro atoms. The summed E-state index contributed by atoms with van der Waals surface area (Å²) in [5, 5.41) is 16.4. The molecule has 8 nitrogen and oxygen atoms in total. The van der Waals surface area contributed by atoms with Gasteiger partial charge in [-0.2, -0.15) is 5.01 Å². The van der Waals surface area contributed by atoms with Crippen LogP contribution in [0.4, 0.5) is 5.69 Å². The first-order valence-corrected chi connectivity index (χ1v) is 9.31. The number of hydrazone groups is 1. The highest BCUT2D eigenvalue weighted by Gasteiger charge is 2.34. The number of nitrogens with zero attached hydrogens (tertiary/aromatic N) is 3. The fourth-order valence-electron chi connectivity index (χ4n) is 2.68. The van der Waals surface area contributed by atoms with Gasteiger partial charge < -0.3 is 9.47 Å². The first kappa shape index (κ1) is 19.8. The van der Waals surface area contributed by atoms with Crippen LogP contribution in [0.1, 0.15) is 38.1 Å². The lowest BCUT2D eigenvalue weighted by Gasteiger charge is -2.19. The Labute approximate surface area is 170 Å². The molecule has 0 radical (unpaired) electrons. The van der Waals surface area contributed by atoms with Crippen molar-refractivity contribution in [3.8, 4) is 5.75 Å². The van der Waals surface area contributed by atoms with Crippen molar-refractivity contribution >= 4 is 33.4 Å². The Bertz CT molecular complexity index is 943. The second-order valence-corrected chi connectivity index (χ2v) is 7.31. The minimum absolute atomic E-state index is 0.0446. The number of benzene rings is 2. The predicted octanol–water partition coefficient (Wildman–Crippen LogP) is 4.38. The number of halogens is 1. The van der Waals surface area contributed by atoms with Gasteiger partial charge in [-0.1, -0.05) is 15.9 Å². The molecule has 0 saturated heterocycles. The maximum absolute atomic E-state index is 12.1. The number of amides is 1. The van der Waals surface area contributed by atoms with Gasteiger partial charge in [0.15, 0.2) is 0 Å². The molecule has 9 heteroatoms. The van der Waals surface area contributed by atoms with E-state index in [2.05, 4.69) is 21.0 Å². The third kappa shape index (κ3) is 4.14. The Kier molecular flexibility index (Phi) is 5.64. The number of ether oxygens (including phenoxy) is 2. The maximum Gasteiger partial charge on any atom is 0.269 e. The third-order valence-corrected chi connectivity index (χ3v) is 4.38. The first-order valence-electron chi connectivity index (χ1n) is 8.52. The molecule has 0 saturated carbocycles. The van der Waals surface area contributed by atoms with Crippen LogP contribution in [-0.4, -0.2) is 27.8 Å². The predicted molar refractivity (Wildman–Crippen MR) is 106 cm³/mol. The summed E-state index contributed by atoms with van der Waals surface area (Å²) in [6.45, 7) is 5.19. The number of nitro groups is 1. The third-order valence-electron chi connectivity index (χ3n) is 3.89. The summed E-state index contributed by atoms with van der Waals surface area (Å²) in [5.74, 6) is 0.486. The number of non-ortho nitro benzene ring substituents is 1. The minimum atomic E-state index is -0.820. The van der Waals surface area contributed by atoms with Crippen LogP contribution < -0.4 is 4.74 Å². The van der Waals surface area contributed by atoms with Crippen LogP contribution in [0.25, 0.3) is 0 Å². The van der Waals surface area contributed by atoms with Gasteiger partial charge in [-0.05, 0) is 44.2 Å². The average molecular weight is 448 g/mol. The molecule has 2 aromatic carbocycles. The van der Waals surface area contributed by atoms with Gasteiger partial charge in [-0.25, -0.2) is 0 Å². The van der Waals surface area contributed by atoms with E-state index in [0.29, 0.717) is 16.9 Å². The Hall–Kier alpha value is -2.94. The quantitative estimate of drug-likeness (QED) is 0.500. The van der Waals surface area contributed by atoms with E-state index in [1.54, 1.807) is 24.3 Å². The molecule has 1 aliphatic rings. The molecule has 0 N–H and O–H groups in total. The summed E-state index contributed by atoms with van der Waals surface area (Å²) in [6, 6.07) is 11.2. The normalized spacial score (nSPS) is 16.0. The average Bonchev–Trinajstić information content (AvgIpc) is 3.08. The van der Waals surface area contributed by atoms with Crippen LogP contribution in [0.2, 0.25) is 0 Å². The lowest BCUT2D eigenvalue weighted by molar-refractivity contribution is -0.384. The molecule has 0 bridgehead atoms. The summed E-state index contributed by atoms with van der Waals surface area (Å²) in [6.07, 6.45) is -0.879. The summed E-state index contributed by atoms with van der Waals surface area (Å²) in [4.78, 5) is 22.5. The highest BCUT2D eigenvalue weighted by molar-refractivity contribution is 9.10. The lowest BCUT2D eigenvalue weighted by Crippen LogP contribution is -2.25. The molecule has 146 valence electrons. The van der Waals surface area contributed by atoms with Crippen LogP contribution in [0.3, 0.4) is 0 Å². The van der Waals surface area contributed by atoms with Gasteiger partial charge in [-0.3, -0.25) is 14.9 Å². The van der Waals surface area contributed by atoms with Crippen molar-refractivity contribution in [1.29, 1.82) is 0 Å². The SMILES string of the molecule is CC(=O)N1N=C(c2cc(Br)ccc2OC(C)C)O[C@H]1c1ccc([N+](=O)[O-])cc1. The molecule has 3 rings (SSSR count). The van der Waals surface area contributed by atoms with Gasteiger partial charge in [-0.15, -0.1) is 5.10 Å². The van der Waals surface area contributed by atoms with Crippen LogP contribution >= 0.6 is 15.9 Å². The van der Waals surface area contributed by atoms with Gasteiger partial charge in [0.2, 0.25) is 18.0 Å². The van der Waals surface area contributed by atoms with Crippen molar-refractivity contribution in [2.45, 2.75) is 33.1 Å². The molecule has 1 heterocycles.